The maximum absolute atomic E-state index is 12.0. The summed E-state index contributed by atoms with van der Waals surface area (Å²) < 4.78 is 12.0. The van der Waals surface area contributed by atoms with Crippen molar-refractivity contribution >= 4 is 40.7 Å². The van der Waals surface area contributed by atoms with Gasteiger partial charge in [0.2, 0.25) is 0 Å². The van der Waals surface area contributed by atoms with Crippen LogP contribution in [0, 0.1) is 5.92 Å². The van der Waals surface area contributed by atoms with Crippen molar-refractivity contribution < 1.29 is 4.21 Å². The summed E-state index contributed by atoms with van der Waals surface area (Å²) in [5, 5.41) is 6.44. The van der Waals surface area contributed by atoms with Crippen LogP contribution in [-0.2, 0) is 10.8 Å². The first-order valence-corrected chi connectivity index (χ1v) is 8.33. The average Bonchev–Trinajstić information content (AvgIpc) is 2.46. The summed E-state index contributed by atoms with van der Waals surface area (Å²) in [6.45, 7) is 5.93. The van der Waals surface area contributed by atoms with E-state index in [2.05, 4.69) is 29.5 Å². The summed E-state index contributed by atoms with van der Waals surface area (Å²) in [5.74, 6) is 2.02. The molecule has 0 heterocycles. The Morgan fingerprint density at radius 2 is 1.81 bits per heavy atom. The molecule has 21 heavy (non-hydrogen) atoms. The van der Waals surface area contributed by atoms with Gasteiger partial charge in [-0.25, -0.2) is 0 Å². The van der Waals surface area contributed by atoms with Gasteiger partial charge in [-0.1, -0.05) is 32.0 Å². The fourth-order valence-corrected chi connectivity index (χ4v) is 2.64. The summed E-state index contributed by atoms with van der Waals surface area (Å²) in [6, 6.07) is 9.54. The van der Waals surface area contributed by atoms with Gasteiger partial charge in [0, 0.05) is 30.8 Å². The fraction of sp³-hybridized carbons (Fsp3) is 0.533. The predicted molar refractivity (Wildman–Crippen MR) is 102 cm³/mol. The van der Waals surface area contributed by atoms with Crippen LogP contribution >= 0.6 is 24.0 Å². The molecule has 1 aromatic carbocycles. The van der Waals surface area contributed by atoms with Gasteiger partial charge in [-0.05, 0) is 24.5 Å². The molecular formula is C15H26IN3OS. The maximum atomic E-state index is 12.0. The topological polar surface area (TPSA) is 53.5 Å². The minimum atomic E-state index is -0.960. The Kier molecular flexibility index (Phi) is 11.6. The van der Waals surface area contributed by atoms with Crippen LogP contribution in [0.2, 0.25) is 0 Å². The molecule has 6 heteroatoms. The van der Waals surface area contributed by atoms with Crippen LogP contribution in [0.15, 0.2) is 40.2 Å². The highest BCUT2D eigenvalue weighted by atomic mass is 127. The highest BCUT2D eigenvalue weighted by molar-refractivity contribution is 14.0. The summed E-state index contributed by atoms with van der Waals surface area (Å²) in [6.07, 6.45) is 1.11. The molecule has 1 unspecified atom stereocenters. The minimum Gasteiger partial charge on any atom is -0.356 e. The van der Waals surface area contributed by atoms with Crippen molar-refractivity contribution in [1.82, 2.24) is 10.6 Å². The Morgan fingerprint density at radius 1 is 1.19 bits per heavy atom. The molecule has 0 amide bonds. The molecule has 1 aromatic rings. The number of guanidine groups is 1. The van der Waals surface area contributed by atoms with Crippen LogP contribution in [0.4, 0.5) is 0 Å². The normalized spacial score (nSPS) is 12.7. The van der Waals surface area contributed by atoms with Crippen LogP contribution < -0.4 is 10.6 Å². The number of nitrogens with zero attached hydrogens (tertiary/aromatic N) is 1. The van der Waals surface area contributed by atoms with E-state index in [4.69, 9.17) is 0 Å². The lowest BCUT2D eigenvalue weighted by atomic mass is 10.1. The van der Waals surface area contributed by atoms with Gasteiger partial charge in [-0.2, -0.15) is 0 Å². The molecule has 0 fully saturated rings. The highest BCUT2D eigenvalue weighted by Gasteiger charge is 2.03. The first kappa shape index (κ1) is 20.4. The quantitative estimate of drug-likeness (QED) is 0.403. The van der Waals surface area contributed by atoms with Gasteiger partial charge >= 0.3 is 0 Å². The van der Waals surface area contributed by atoms with E-state index in [1.807, 2.05) is 30.3 Å². The van der Waals surface area contributed by atoms with Crippen LogP contribution in [0.3, 0.4) is 0 Å². The van der Waals surface area contributed by atoms with Crippen LogP contribution in [-0.4, -0.2) is 36.1 Å². The second kappa shape index (κ2) is 12.0. The molecule has 1 rings (SSSR count). The lowest BCUT2D eigenvalue weighted by Crippen LogP contribution is -2.39. The largest absolute Gasteiger partial charge is 0.356 e. The molecule has 0 saturated heterocycles. The molecule has 0 spiro atoms. The van der Waals surface area contributed by atoms with E-state index < -0.39 is 10.8 Å². The summed E-state index contributed by atoms with van der Waals surface area (Å²) >= 11 is 0. The number of aliphatic imine (C=N–C) groups is 1. The van der Waals surface area contributed by atoms with E-state index in [0.29, 0.717) is 18.2 Å². The average molecular weight is 423 g/mol. The molecule has 120 valence electrons. The van der Waals surface area contributed by atoms with Crippen LogP contribution in [0.1, 0.15) is 20.3 Å². The molecule has 0 aliphatic carbocycles. The van der Waals surface area contributed by atoms with E-state index in [-0.39, 0.29) is 24.0 Å². The highest BCUT2D eigenvalue weighted by Crippen LogP contribution is 2.04. The number of hydrogen-bond acceptors (Lipinski definition) is 2. The van der Waals surface area contributed by atoms with E-state index in [1.165, 1.54) is 0 Å². The SMILES string of the molecule is CN=C(NCCC(C)C)NCCS(=O)c1ccccc1.I. The first-order valence-electron chi connectivity index (χ1n) is 7.01. The molecule has 0 aromatic heterocycles. The van der Waals surface area contributed by atoms with Crippen molar-refractivity contribution in [3.8, 4) is 0 Å². The summed E-state index contributed by atoms with van der Waals surface area (Å²) in [7, 11) is 0.789. The summed E-state index contributed by atoms with van der Waals surface area (Å²) in [4.78, 5) is 5.02. The van der Waals surface area contributed by atoms with Gasteiger partial charge in [0.05, 0.1) is 10.8 Å². The molecule has 0 saturated carbocycles. The standard InChI is InChI=1S/C15H25N3OS.HI/c1-13(2)9-10-17-15(16-3)18-11-12-20(19)14-7-5-4-6-8-14;/h4-8,13H,9-12H2,1-3H3,(H2,16,17,18);1H. The van der Waals surface area contributed by atoms with Crippen molar-refractivity contribution in [3.05, 3.63) is 30.3 Å². The van der Waals surface area contributed by atoms with E-state index in [0.717, 1.165) is 23.8 Å². The van der Waals surface area contributed by atoms with Gasteiger partial charge in [-0.3, -0.25) is 9.20 Å². The molecule has 0 aliphatic rings. The minimum absolute atomic E-state index is 0. The van der Waals surface area contributed by atoms with E-state index in [1.54, 1.807) is 7.05 Å². The Bertz CT molecular complexity index is 438. The smallest absolute Gasteiger partial charge is 0.191 e. The van der Waals surface area contributed by atoms with Crippen LogP contribution in [0.25, 0.3) is 0 Å². The Hall–Kier alpha value is -0.630. The second-order valence-electron chi connectivity index (χ2n) is 4.97. The molecule has 0 aliphatic heterocycles. The third-order valence-corrected chi connectivity index (χ3v) is 4.20. The van der Waals surface area contributed by atoms with E-state index >= 15 is 0 Å². The zero-order chi connectivity index (χ0) is 14.8. The molecular weight excluding hydrogens is 397 g/mol. The van der Waals surface area contributed by atoms with Gasteiger partial charge in [0.15, 0.2) is 5.96 Å². The molecule has 4 nitrogen and oxygen atoms in total. The molecule has 0 bridgehead atoms. The van der Waals surface area contributed by atoms with E-state index in [9.17, 15) is 4.21 Å². The van der Waals surface area contributed by atoms with Crippen molar-refractivity contribution in [2.75, 3.05) is 25.9 Å². The third-order valence-electron chi connectivity index (χ3n) is 2.82. The van der Waals surface area contributed by atoms with Crippen LogP contribution in [0.5, 0.6) is 0 Å². The predicted octanol–water partition coefficient (Wildman–Crippen LogP) is 2.62. The molecule has 2 N–H and O–H groups in total. The number of nitrogens with one attached hydrogen (secondary N) is 2. The van der Waals surface area contributed by atoms with Gasteiger partial charge in [-0.15, -0.1) is 24.0 Å². The van der Waals surface area contributed by atoms with Gasteiger partial charge in [0.1, 0.15) is 0 Å². The summed E-state index contributed by atoms with van der Waals surface area (Å²) in [5.41, 5.74) is 0. The van der Waals surface area contributed by atoms with Gasteiger partial charge in [0.25, 0.3) is 0 Å². The second-order valence-corrected chi connectivity index (χ2v) is 6.54. The third kappa shape index (κ3) is 9.08. The number of rotatable bonds is 7. The molecule has 1 atom stereocenters. The Morgan fingerprint density at radius 3 is 2.38 bits per heavy atom. The van der Waals surface area contributed by atoms with Crippen molar-refractivity contribution in [1.29, 1.82) is 0 Å². The van der Waals surface area contributed by atoms with Crippen molar-refractivity contribution in [2.45, 2.75) is 25.2 Å². The number of hydrogen-bond donors (Lipinski definition) is 2. The van der Waals surface area contributed by atoms with Crippen molar-refractivity contribution in [2.24, 2.45) is 10.9 Å². The van der Waals surface area contributed by atoms with Gasteiger partial charge < -0.3 is 10.6 Å². The zero-order valence-electron chi connectivity index (χ0n) is 13.0. The monoisotopic (exact) mass is 423 g/mol. The number of benzene rings is 1. The number of halogens is 1. The molecule has 0 radical (unpaired) electrons. The lowest BCUT2D eigenvalue weighted by molar-refractivity contribution is 0.574. The Balaban J connectivity index is 0.00000400. The fourth-order valence-electron chi connectivity index (χ4n) is 1.65. The Labute approximate surface area is 147 Å². The van der Waals surface area contributed by atoms with Crippen molar-refractivity contribution in [3.63, 3.8) is 0 Å². The maximum Gasteiger partial charge on any atom is 0.191 e. The first-order chi connectivity index (χ1) is 9.63. The zero-order valence-corrected chi connectivity index (χ0v) is 16.1. The lowest BCUT2D eigenvalue weighted by Gasteiger charge is -2.12.